The third-order valence-corrected chi connectivity index (χ3v) is 4.51. The molecule has 0 aromatic heterocycles. The van der Waals surface area contributed by atoms with Crippen LogP contribution in [-0.2, 0) is 6.42 Å². The minimum Gasteiger partial charge on any atom is -0.388 e. The molecule has 1 N–H and O–H groups in total. The molecule has 0 radical (unpaired) electrons. The molecule has 0 amide bonds. The van der Waals surface area contributed by atoms with Crippen molar-refractivity contribution in [2.24, 2.45) is 0 Å². The number of aryl methyl sites for hydroxylation is 1. The molecule has 2 rings (SSSR count). The quantitative estimate of drug-likeness (QED) is 0.827. The van der Waals surface area contributed by atoms with E-state index in [1.165, 1.54) is 11.3 Å². The standard InChI is InChI=1S/C18H22BrNO/c1-3-14-8-10-15(11-9-14)20(2)13-12-18(21)16-6-4-5-7-17(16)19/h4-11,18,21H,3,12-13H2,1-2H3. The van der Waals surface area contributed by atoms with Gasteiger partial charge in [0.2, 0.25) is 0 Å². The van der Waals surface area contributed by atoms with E-state index in [0.29, 0.717) is 6.42 Å². The van der Waals surface area contributed by atoms with Crippen molar-refractivity contribution in [1.29, 1.82) is 0 Å². The van der Waals surface area contributed by atoms with Gasteiger partial charge in [0.25, 0.3) is 0 Å². The third kappa shape index (κ3) is 4.32. The van der Waals surface area contributed by atoms with Crippen molar-refractivity contribution in [2.75, 3.05) is 18.5 Å². The smallest absolute Gasteiger partial charge is 0.0817 e. The van der Waals surface area contributed by atoms with E-state index in [1.807, 2.05) is 24.3 Å². The topological polar surface area (TPSA) is 23.5 Å². The maximum atomic E-state index is 10.3. The monoisotopic (exact) mass is 347 g/mol. The van der Waals surface area contributed by atoms with Gasteiger partial charge in [0.05, 0.1) is 6.10 Å². The van der Waals surface area contributed by atoms with Crippen molar-refractivity contribution >= 4 is 21.6 Å². The first-order valence-corrected chi connectivity index (χ1v) is 8.13. The summed E-state index contributed by atoms with van der Waals surface area (Å²) in [5.74, 6) is 0. The lowest BCUT2D eigenvalue weighted by Crippen LogP contribution is -2.20. The zero-order valence-corrected chi connectivity index (χ0v) is 14.2. The second-order valence-corrected chi connectivity index (χ2v) is 6.12. The van der Waals surface area contributed by atoms with Crippen molar-refractivity contribution in [3.63, 3.8) is 0 Å². The zero-order valence-electron chi connectivity index (χ0n) is 12.6. The summed E-state index contributed by atoms with van der Waals surface area (Å²) >= 11 is 3.49. The van der Waals surface area contributed by atoms with Gasteiger partial charge in [-0.2, -0.15) is 0 Å². The van der Waals surface area contributed by atoms with E-state index in [-0.39, 0.29) is 0 Å². The molecule has 21 heavy (non-hydrogen) atoms. The molecule has 0 saturated heterocycles. The summed E-state index contributed by atoms with van der Waals surface area (Å²) < 4.78 is 0.965. The van der Waals surface area contributed by atoms with Crippen molar-refractivity contribution in [1.82, 2.24) is 0 Å². The van der Waals surface area contributed by atoms with Gasteiger partial charge < -0.3 is 10.0 Å². The fraction of sp³-hybridized carbons (Fsp3) is 0.333. The van der Waals surface area contributed by atoms with E-state index in [2.05, 4.69) is 59.1 Å². The van der Waals surface area contributed by atoms with E-state index in [0.717, 1.165) is 23.0 Å². The molecule has 1 unspecified atom stereocenters. The van der Waals surface area contributed by atoms with Crippen LogP contribution in [0.15, 0.2) is 53.0 Å². The molecule has 0 fully saturated rings. The van der Waals surface area contributed by atoms with Crippen molar-refractivity contribution < 1.29 is 5.11 Å². The Hall–Kier alpha value is -1.32. The van der Waals surface area contributed by atoms with Gasteiger partial charge in [0.1, 0.15) is 0 Å². The average molecular weight is 348 g/mol. The summed E-state index contributed by atoms with van der Waals surface area (Å²) in [6.45, 7) is 2.97. The molecule has 1 atom stereocenters. The van der Waals surface area contributed by atoms with Crippen LogP contribution >= 0.6 is 15.9 Å². The number of benzene rings is 2. The number of aliphatic hydroxyl groups is 1. The first-order valence-electron chi connectivity index (χ1n) is 7.34. The average Bonchev–Trinajstić information content (AvgIpc) is 2.52. The number of anilines is 1. The zero-order chi connectivity index (χ0) is 15.2. The Morgan fingerprint density at radius 2 is 1.76 bits per heavy atom. The molecule has 0 saturated carbocycles. The highest BCUT2D eigenvalue weighted by atomic mass is 79.9. The lowest BCUT2D eigenvalue weighted by Gasteiger charge is -2.22. The fourth-order valence-electron chi connectivity index (χ4n) is 2.33. The van der Waals surface area contributed by atoms with Crippen LogP contribution in [0, 0.1) is 0 Å². The fourth-order valence-corrected chi connectivity index (χ4v) is 2.88. The molecule has 0 heterocycles. The van der Waals surface area contributed by atoms with Crippen molar-refractivity contribution in [2.45, 2.75) is 25.9 Å². The van der Waals surface area contributed by atoms with Gasteiger partial charge in [0, 0.05) is 23.8 Å². The molecule has 2 aromatic rings. The van der Waals surface area contributed by atoms with Crippen LogP contribution in [0.2, 0.25) is 0 Å². The van der Waals surface area contributed by atoms with E-state index in [4.69, 9.17) is 0 Å². The summed E-state index contributed by atoms with van der Waals surface area (Å²) in [7, 11) is 2.06. The van der Waals surface area contributed by atoms with Crippen LogP contribution in [0.25, 0.3) is 0 Å². The molecule has 3 heteroatoms. The predicted molar refractivity (Wildman–Crippen MR) is 92.8 cm³/mol. The van der Waals surface area contributed by atoms with Gasteiger partial charge in [0.15, 0.2) is 0 Å². The number of hydrogen-bond acceptors (Lipinski definition) is 2. The van der Waals surface area contributed by atoms with Gasteiger partial charge in [-0.15, -0.1) is 0 Å². The highest BCUT2D eigenvalue weighted by Gasteiger charge is 2.12. The Morgan fingerprint density at radius 1 is 1.10 bits per heavy atom. The van der Waals surface area contributed by atoms with Crippen LogP contribution < -0.4 is 4.90 Å². The Balaban J connectivity index is 1.94. The first kappa shape index (κ1) is 16.1. The van der Waals surface area contributed by atoms with Crippen LogP contribution in [0.3, 0.4) is 0 Å². The largest absolute Gasteiger partial charge is 0.388 e. The predicted octanol–water partition coefficient (Wildman–Crippen LogP) is 4.57. The molecule has 0 spiro atoms. The molecular weight excluding hydrogens is 326 g/mol. The van der Waals surface area contributed by atoms with Crippen LogP contribution in [-0.4, -0.2) is 18.7 Å². The highest BCUT2D eigenvalue weighted by Crippen LogP contribution is 2.26. The highest BCUT2D eigenvalue weighted by molar-refractivity contribution is 9.10. The van der Waals surface area contributed by atoms with E-state index < -0.39 is 6.10 Å². The minimum atomic E-state index is -0.446. The Kier molecular flexibility index (Phi) is 5.83. The van der Waals surface area contributed by atoms with Crippen LogP contribution in [0.1, 0.15) is 30.6 Å². The van der Waals surface area contributed by atoms with Crippen LogP contribution in [0.4, 0.5) is 5.69 Å². The Labute approximate surface area is 135 Å². The maximum absolute atomic E-state index is 10.3. The van der Waals surface area contributed by atoms with E-state index >= 15 is 0 Å². The summed E-state index contributed by atoms with van der Waals surface area (Å²) in [4.78, 5) is 2.18. The number of halogens is 1. The maximum Gasteiger partial charge on any atom is 0.0817 e. The summed E-state index contributed by atoms with van der Waals surface area (Å²) in [6, 6.07) is 16.5. The van der Waals surface area contributed by atoms with Crippen LogP contribution in [0.5, 0.6) is 0 Å². The molecule has 2 aromatic carbocycles. The normalized spacial score (nSPS) is 12.2. The molecule has 0 bridgehead atoms. The molecule has 2 nitrogen and oxygen atoms in total. The molecule has 0 aliphatic heterocycles. The number of aliphatic hydroxyl groups excluding tert-OH is 1. The molecule has 0 aliphatic rings. The third-order valence-electron chi connectivity index (χ3n) is 3.79. The number of rotatable bonds is 6. The summed E-state index contributed by atoms with van der Waals surface area (Å²) in [6.07, 6.45) is 1.32. The second-order valence-electron chi connectivity index (χ2n) is 5.27. The SMILES string of the molecule is CCc1ccc(N(C)CCC(O)c2ccccc2Br)cc1. The molecule has 112 valence electrons. The Bertz CT molecular complexity index is 568. The summed E-state index contributed by atoms with van der Waals surface area (Å²) in [5, 5.41) is 10.3. The first-order chi connectivity index (χ1) is 10.1. The van der Waals surface area contributed by atoms with E-state index in [1.54, 1.807) is 0 Å². The van der Waals surface area contributed by atoms with Gasteiger partial charge >= 0.3 is 0 Å². The van der Waals surface area contributed by atoms with Gasteiger partial charge in [-0.3, -0.25) is 0 Å². The van der Waals surface area contributed by atoms with Gasteiger partial charge in [-0.1, -0.05) is 53.2 Å². The molecule has 0 aliphatic carbocycles. The lowest BCUT2D eigenvalue weighted by atomic mass is 10.1. The summed E-state index contributed by atoms with van der Waals surface area (Å²) in [5.41, 5.74) is 3.49. The Morgan fingerprint density at radius 3 is 2.38 bits per heavy atom. The van der Waals surface area contributed by atoms with Crippen molar-refractivity contribution in [3.05, 3.63) is 64.1 Å². The van der Waals surface area contributed by atoms with Crippen molar-refractivity contribution in [3.8, 4) is 0 Å². The van der Waals surface area contributed by atoms with Gasteiger partial charge in [-0.25, -0.2) is 0 Å². The van der Waals surface area contributed by atoms with E-state index in [9.17, 15) is 5.11 Å². The molecular formula is C18H22BrNO. The number of nitrogens with zero attached hydrogens (tertiary/aromatic N) is 1. The lowest BCUT2D eigenvalue weighted by molar-refractivity contribution is 0.169. The second kappa shape index (κ2) is 7.62. The minimum absolute atomic E-state index is 0.446. The van der Waals surface area contributed by atoms with Gasteiger partial charge in [-0.05, 0) is 42.2 Å². The number of hydrogen-bond donors (Lipinski definition) is 1.